The maximum absolute atomic E-state index is 12.4. The number of rotatable bonds is 6. The number of fused-ring (bicyclic) bond motifs is 1. The molecule has 0 saturated heterocycles. The third kappa shape index (κ3) is 4.51. The van der Waals surface area contributed by atoms with Crippen LogP contribution < -0.4 is 10.3 Å². The van der Waals surface area contributed by atoms with Crippen LogP contribution in [-0.2, 0) is 4.79 Å². The van der Waals surface area contributed by atoms with Gasteiger partial charge in [-0.25, -0.2) is 0 Å². The van der Waals surface area contributed by atoms with Gasteiger partial charge in [0.25, 0.3) is 5.56 Å². The second-order valence-corrected chi connectivity index (χ2v) is 6.35. The topological polar surface area (TPSA) is 76.2 Å². The molecule has 6 heteroatoms. The molecule has 0 aliphatic rings. The van der Waals surface area contributed by atoms with Gasteiger partial charge in [0, 0.05) is 10.5 Å². The lowest BCUT2D eigenvalue weighted by molar-refractivity contribution is -0.113. The van der Waals surface area contributed by atoms with Crippen LogP contribution in [0.4, 0.5) is 0 Å². The molecular formula is C21H16ClNO4. The highest BCUT2D eigenvalue weighted by atomic mass is 35.5. The first-order chi connectivity index (χ1) is 13.0. The van der Waals surface area contributed by atoms with Gasteiger partial charge in [-0.2, -0.15) is 0 Å². The van der Waals surface area contributed by atoms with E-state index >= 15 is 0 Å². The minimum absolute atomic E-state index is 0.0454. The van der Waals surface area contributed by atoms with Gasteiger partial charge >= 0.3 is 0 Å². The Kier molecular flexibility index (Phi) is 5.52. The average molecular weight is 382 g/mol. The molecule has 0 fully saturated rings. The van der Waals surface area contributed by atoms with Crippen LogP contribution in [0.1, 0.15) is 22.3 Å². The number of hydrogen-bond donors (Lipinski definition) is 1. The smallest absolute Gasteiger partial charge is 0.259 e. The quantitative estimate of drug-likeness (QED) is 0.397. The predicted molar refractivity (Wildman–Crippen MR) is 106 cm³/mol. The average Bonchev–Trinajstić information content (AvgIpc) is 2.66. The summed E-state index contributed by atoms with van der Waals surface area (Å²) in [6.07, 6.45) is 2.56. The van der Waals surface area contributed by atoms with Gasteiger partial charge in [0.05, 0.1) is 19.1 Å². The number of H-pyrrole nitrogens is 1. The molecule has 3 rings (SSSR count). The Bertz CT molecular complexity index is 1100. The number of allylic oxidation sites excluding steroid dienone is 1. The standard InChI is InChI=1S/C21H16ClNO4/c1-27-17-8-3-13(4-9-17)2-7-16(24)12-20(25)18-10-14-5-6-15(22)11-19(14)23-21(18)26/h2-11H,12H2,1H3,(H,23,26). The molecule has 0 aliphatic carbocycles. The monoisotopic (exact) mass is 381 g/mol. The lowest BCUT2D eigenvalue weighted by atomic mass is 10.0. The van der Waals surface area contributed by atoms with E-state index in [1.807, 2.05) is 0 Å². The Hall–Kier alpha value is -3.18. The van der Waals surface area contributed by atoms with Gasteiger partial charge < -0.3 is 9.72 Å². The summed E-state index contributed by atoms with van der Waals surface area (Å²) in [7, 11) is 1.57. The van der Waals surface area contributed by atoms with E-state index in [4.69, 9.17) is 16.3 Å². The minimum atomic E-state index is -0.540. The normalized spacial score (nSPS) is 11.0. The first-order valence-electron chi connectivity index (χ1n) is 8.17. The van der Waals surface area contributed by atoms with Crippen molar-refractivity contribution in [2.75, 3.05) is 7.11 Å². The van der Waals surface area contributed by atoms with Crippen molar-refractivity contribution in [1.29, 1.82) is 0 Å². The van der Waals surface area contributed by atoms with Gasteiger partial charge in [0.2, 0.25) is 0 Å². The zero-order valence-electron chi connectivity index (χ0n) is 14.5. The van der Waals surface area contributed by atoms with Gasteiger partial charge in [0.15, 0.2) is 11.6 Å². The van der Waals surface area contributed by atoms with Crippen molar-refractivity contribution in [2.24, 2.45) is 0 Å². The second-order valence-electron chi connectivity index (χ2n) is 5.92. The Morgan fingerprint density at radius 3 is 2.56 bits per heavy atom. The summed E-state index contributed by atoms with van der Waals surface area (Å²) < 4.78 is 5.07. The summed E-state index contributed by atoms with van der Waals surface area (Å²) in [5, 5.41) is 1.15. The predicted octanol–water partition coefficient (Wildman–Crippen LogP) is 4.05. The van der Waals surface area contributed by atoms with Crippen LogP contribution >= 0.6 is 11.6 Å². The molecule has 5 nitrogen and oxygen atoms in total. The summed E-state index contributed by atoms with van der Waals surface area (Å²) >= 11 is 5.90. The maximum Gasteiger partial charge on any atom is 0.259 e. The van der Waals surface area contributed by atoms with Gasteiger partial charge in [-0.3, -0.25) is 14.4 Å². The molecule has 0 radical (unpaired) electrons. The number of aromatic amines is 1. The van der Waals surface area contributed by atoms with Crippen molar-refractivity contribution in [3.8, 4) is 5.75 Å². The largest absolute Gasteiger partial charge is 0.497 e. The van der Waals surface area contributed by atoms with E-state index in [9.17, 15) is 14.4 Å². The second kappa shape index (κ2) is 8.01. The number of benzene rings is 2. The zero-order chi connectivity index (χ0) is 19.4. The number of methoxy groups -OCH3 is 1. The molecule has 1 heterocycles. The molecule has 3 aromatic rings. The van der Waals surface area contributed by atoms with E-state index in [1.165, 1.54) is 12.1 Å². The summed E-state index contributed by atoms with van der Waals surface area (Å²) in [4.78, 5) is 39.2. The van der Waals surface area contributed by atoms with Crippen LogP contribution in [0.5, 0.6) is 5.75 Å². The first-order valence-corrected chi connectivity index (χ1v) is 8.55. The molecular weight excluding hydrogens is 366 g/mol. The Morgan fingerprint density at radius 1 is 1.11 bits per heavy atom. The van der Waals surface area contributed by atoms with Crippen molar-refractivity contribution in [3.05, 3.63) is 81.1 Å². The van der Waals surface area contributed by atoms with E-state index < -0.39 is 11.3 Å². The molecule has 27 heavy (non-hydrogen) atoms. The molecule has 0 amide bonds. The van der Waals surface area contributed by atoms with Crippen LogP contribution in [-0.4, -0.2) is 23.7 Å². The van der Waals surface area contributed by atoms with Crippen molar-refractivity contribution in [3.63, 3.8) is 0 Å². The van der Waals surface area contributed by atoms with E-state index in [1.54, 1.807) is 55.7 Å². The van der Waals surface area contributed by atoms with E-state index in [-0.39, 0.29) is 17.8 Å². The maximum atomic E-state index is 12.4. The fourth-order valence-corrected chi connectivity index (χ4v) is 2.77. The fraction of sp³-hybridized carbons (Fsp3) is 0.0952. The first kappa shape index (κ1) is 18.6. The third-order valence-corrected chi connectivity index (χ3v) is 4.26. The van der Waals surface area contributed by atoms with Crippen molar-refractivity contribution >= 4 is 40.1 Å². The highest BCUT2D eigenvalue weighted by Gasteiger charge is 2.15. The van der Waals surface area contributed by atoms with Gasteiger partial charge in [-0.1, -0.05) is 35.9 Å². The number of carbonyl (C=O) groups excluding carboxylic acids is 2. The Labute approximate surface area is 160 Å². The zero-order valence-corrected chi connectivity index (χ0v) is 15.2. The summed E-state index contributed by atoms with van der Waals surface area (Å²) in [6, 6.07) is 13.6. The Balaban J connectivity index is 1.74. The molecule has 0 aliphatic heterocycles. The van der Waals surface area contributed by atoms with E-state index in [0.29, 0.717) is 21.7 Å². The molecule has 2 aromatic carbocycles. The van der Waals surface area contributed by atoms with Crippen LogP contribution in [0.3, 0.4) is 0 Å². The van der Waals surface area contributed by atoms with Crippen LogP contribution in [0, 0.1) is 0 Å². The number of aromatic nitrogens is 1. The number of halogens is 1. The SMILES string of the molecule is COc1ccc(C=CC(=O)CC(=O)c2cc3ccc(Cl)cc3[nH]c2=O)cc1. The lowest BCUT2D eigenvalue weighted by Crippen LogP contribution is -2.19. The molecule has 1 N–H and O–H groups in total. The molecule has 0 saturated carbocycles. The number of nitrogens with one attached hydrogen (secondary N) is 1. The van der Waals surface area contributed by atoms with Crippen LogP contribution in [0.2, 0.25) is 5.02 Å². The number of pyridine rings is 1. The van der Waals surface area contributed by atoms with E-state index in [0.717, 1.165) is 5.56 Å². The molecule has 0 atom stereocenters. The number of carbonyl (C=O) groups is 2. The van der Waals surface area contributed by atoms with Crippen LogP contribution in [0.15, 0.2) is 59.4 Å². The van der Waals surface area contributed by atoms with E-state index in [2.05, 4.69) is 4.98 Å². The molecule has 0 unspecified atom stereocenters. The minimum Gasteiger partial charge on any atom is -0.497 e. The molecule has 136 valence electrons. The molecule has 1 aromatic heterocycles. The highest BCUT2D eigenvalue weighted by Crippen LogP contribution is 2.17. The molecule has 0 bridgehead atoms. The van der Waals surface area contributed by atoms with Crippen molar-refractivity contribution < 1.29 is 14.3 Å². The van der Waals surface area contributed by atoms with Crippen molar-refractivity contribution in [1.82, 2.24) is 4.98 Å². The summed E-state index contributed by atoms with van der Waals surface area (Å²) in [5.74, 6) is -0.200. The van der Waals surface area contributed by atoms with Gasteiger partial charge in [-0.15, -0.1) is 0 Å². The number of ketones is 2. The van der Waals surface area contributed by atoms with Crippen LogP contribution in [0.25, 0.3) is 17.0 Å². The van der Waals surface area contributed by atoms with Crippen molar-refractivity contribution in [2.45, 2.75) is 6.42 Å². The number of ether oxygens (including phenoxy) is 1. The lowest BCUT2D eigenvalue weighted by Gasteiger charge is -2.02. The van der Waals surface area contributed by atoms with Gasteiger partial charge in [0.1, 0.15) is 5.75 Å². The molecule has 0 spiro atoms. The summed E-state index contributed by atoms with van der Waals surface area (Å²) in [6.45, 7) is 0. The summed E-state index contributed by atoms with van der Waals surface area (Å²) in [5.41, 5.74) is 0.754. The highest BCUT2D eigenvalue weighted by molar-refractivity contribution is 6.31. The number of hydrogen-bond acceptors (Lipinski definition) is 4. The fourth-order valence-electron chi connectivity index (χ4n) is 2.60. The van der Waals surface area contributed by atoms with Gasteiger partial charge in [-0.05, 0) is 47.4 Å². The third-order valence-electron chi connectivity index (χ3n) is 4.02. The Morgan fingerprint density at radius 2 is 1.85 bits per heavy atom. The number of Topliss-reactive ketones (excluding diaryl/α,β-unsaturated/α-hetero) is 1.